The molecule has 1 atom stereocenters. The molecule has 0 saturated heterocycles. The molecule has 0 saturated carbocycles. The van der Waals surface area contributed by atoms with Crippen molar-refractivity contribution in [2.24, 2.45) is 5.92 Å². The third kappa shape index (κ3) is 3.88. The molecule has 1 nitrogen and oxygen atoms in total. The topological polar surface area (TPSA) is 23.8 Å². The van der Waals surface area contributed by atoms with Gasteiger partial charge in [0.2, 0.25) is 0 Å². The Labute approximate surface area is 92.1 Å². The highest BCUT2D eigenvalue weighted by molar-refractivity contribution is 8.03. The van der Waals surface area contributed by atoms with E-state index in [0.29, 0.717) is 12.2 Å². The van der Waals surface area contributed by atoms with Crippen LogP contribution in [0.4, 0.5) is 8.78 Å². The fraction of sp³-hybridized carbons (Fsp3) is 0.364. The first kappa shape index (κ1) is 12.0. The quantitative estimate of drug-likeness (QED) is 0.736. The number of nitrogens with zero attached hydrogens (tertiary/aromatic N) is 1. The number of benzene rings is 1. The van der Waals surface area contributed by atoms with Crippen LogP contribution in [0, 0.1) is 28.2 Å². The van der Waals surface area contributed by atoms with Crippen LogP contribution in [0.3, 0.4) is 0 Å². The van der Waals surface area contributed by atoms with Crippen molar-refractivity contribution in [3.05, 3.63) is 35.4 Å². The van der Waals surface area contributed by atoms with Gasteiger partial charge in [-0.3, -0.25) is 0 Å². The minimum atomic E-state index is -0.821. The average Bonchev–Trinajstić information content (AvgIpc) is 2.20. The summed E-state index contributed by atoms with van der Waals surface area (Å²) in [4.78, 5) is 0. The van der Waals surface area contributed by atoms with E-state index in [-0.39, 0.29) is 5.92 Å². The Morgan fingerprint density at radius 2 is 2.13 bits per heavy atom. The summed E-state index contributed by atoms with van der Waals surface area (Å²) in [6.07, 6.45) is 0.659. The fourth-order valence-corrected chi connectivity index (χ4v) is 1.78. The Morgan fingerprint density at radius 1 is 1.40 bits per heavy atom. The second-order valence-corrected chi connectivity index (χ2v) is 4.26. The van der Waals surface area contributed by atoms with Crippen molar-refractivity contribution >= 4 is 11.8 Å². The van der Waals surface area contributed by atoms with E-state index < -0.39 is 11.6 Å². The Morgan fingerprint density at radius 3 is 2.73 bits per heavy atom. The number of hydrogen-bond donors (Lipinski definition) is 0. The molecule has 15 heavy (non-hydrogen) atoms. The third-order valence-electron chi connectivity index (χ3n) is 2.00. The zero-order valence-corrected chi connectivity index (χ0v) is 9.15. The molecule has 4 heteroatoms. The summed E-state index contributed by atoms with van der Waals surface area (Å²) in [5, 5.41) is 10.4. The lowest BCUT2D eigenvalue weighted by molar-refractivity contribution is 0.505. The average molecular weight is 227 g/mol. The number of hydrogen-bond acceptors (Lipinski definition) is 2. The van der Waals surface area contributed by atoms with Crippen LogP contribution in [-0.2, 0) is 6.42 Å². The normalized spacial score (nSPS) is 12.1. The highest BCUT2D eigenvalue weighted by atomic mass is 32.2. The summed E-state index contributed by atoms with van der Waals surface area (Å²) >= 11 is 1.18. The van der Waals surface area contributed by atoms with Crippen LogP contribution in [0.15, 0.2) is 18.2 Å². The number of rotatable bonds is 4. The van der Waals surface area contributed by atoms with Crippen LogP contribution >= 0.6 is 11.8 Å². The molecule has 0 aliphatic carbocycles. The van der Waals surface area contributed by atoms with E-state index >= 15 is 0 Å². The van der Waals surface area contributed by atoms with Crippen LogP contribution in [0.5, 0.6) is 0 Å². The maximum atomic E-state index is 12.8. The van der Waals surface area contributed by atoms with Crippen molar-refractivity contribution < 1.29 is 8.78 Å². The molecule has 1 aromatic carbocycles. The second-order valence-electron chi connectivity index (χ2n) is 3.46. The van der Waals surface area contributed by atoms with Crippen LogP contribution in [-0.4, -0.2) is 5.75 Å². The Hall–Kier alpha value is -1.08. The van der Waals surface area contributed by atoms with Gasteiger partial charge in [-0.05, 0) is 41.8 Å². The molecule has 0 radical (unpaired) electrons. The highest BCUT2D eigenvalue weighted by Crippen LogP contribution is 2.15. The molecular weight excluding hydrogens is 216 g/mol. The van der Waals surface area contributed by atoms with Gasteiger partial charge in [0.1, 0.15) is 5.40 Å². The summed E-state index contributed by atoms with van der Waals surface area (Å²) < 4.78 is 25.5. The summed E-state index contributed by atoms with van der Waals surface area (Å²) in [7, 11) is 0. The van der Waals surface area contributed by atoms with Crippen molar-refractivity contribution in [2.75, 3.05) is 5.75 Å². The first-order valence-electron chi connectivity index (χ1n) is 4.58. The predicted octanol–water partition coefficient (Wildman–Crippen LogP) is 3.36. The number of nitriles is 1. The Kier molecular flexibility index (Phi) is 4.57. The van der Waals surface area contributed by atoms with Gasteiger partial charge in [0.25, 0.3) is 0 Å². The molecule has 0 spiro atoms. The molecule has 0 fully saturated rings. The summed E-state index contributed by atoms with van der Waals surface area (Å²) in [5.74, 6) is -0.653. The zero-order valence-electron chi connectivity index (χ0n) is 8.34. The van der Waals surface area contributed by atoms with Gasteiger partial charge >= 0.3 is 0 Å². The van der Waals surface area contributed by atoms with Gasteiger partial charge in [-0.15, -0.1) is 0 Å². The second kappa shape index (κ2) is 5.72. The Balaban J connectivity index is 2.57. The van der Waals surface area contributed by atoms with E-state index in [1.54, 1.807) is 6.07 Å². The van der Waals surface area contributed by atoms with Crippen LogP contribution in [0.25, 0.3) is 0 Å². The van der Waals surface area contributed by atoms with Gasteiger partial charge in [0, 0.05) is 5.75 Å². The molecule has 1 aromatic rings. The molecule has 1 unspecified atom stereocenters. The minimum absolute atomic E-state index is 0.277. The zero-order chi connectivity index (χ0) is 11.3. The largest absolute Gasteiger partial charge is 0.204 e. The molecule has 0 heterocycles. The molecule has 0 aromatic heterocycles. The van der Waals surface area contributed by atoms with Crippen molar-refractivity contribution in [1.29, 1.82) is 5.26 Å². The van der Waals surface area contributed by atoms with E-state index in [9.17, 15) is 8.78 Å². The molecule has 80 valence electrons. The number of thioether (sulfide) groups is 1. The van der Waals surface area contributed by atoms with Crippen molar-refractivity contribution in [3.63, 3.8) is 0 Å². The lowest BCUT2D eigenvalue weighted by Gasteiger charge is -2.08. The van der Waals surface area contributed by atoms with E-state index in [0.717, 1.165) is 11.6 Å². The summed E-state index contributed by atoms with van der Waals surface area (Å²) in [6, 6.07) is 3.92. The lowest BCUT2D eigenvalue weighted by atomic mass is 10.0. The maximum Gasteiger partial charge on any atom is 0.159 e. The predicted molar refractivity (Wildman–Crippen MR) is 57.3 cm³/mol. The van der Waals surface area contributed by atoms with Crippen LogP contribution in [0.2, 0.25) is 0 Å². The smallest absolute Gasteiger partial charge is 0.159 e. The van der Waals surface area contributed by atoms with Gasteiger partial charge < -0.3 is 0 Å². The molecule has 1 rings (SSSR count). The lowest BCUT2D eigenvalue weighted by Crippen LogP contribution is -2.03. The Bertz CT molecular complexity index is 373. The van der Waals surface area contributed by atoms with Crippen molar-refractivity contribution in [3.8, 4) is 5.40 Å². The van der Waals surface area contributed by atoms with Gasteiger partial charge in [-0.2, -0.15) is 5.26 Å². The first-order chi connectivity index (χ1) is 7.13. The molecule has 0 N–H and O–H groups in total. The maximum absolute atomic E-state index is 12.8. The van der Waals surface area contributed by atoms with E-state index in [1.165, 1.54) is 17.8 Å². The van der Waals surface area contributed by atoms with E-state index in [1.807, 2.05) is 12.3 Å². The van der Waals surface area contributed by atoms with E-state index in [2.05, 4.69) is 0 Å². The molecule has 0 bridgehead atoms. The van der Waals surface area contributed by atoms with Crippen LogP contribution in [0.1, 0.15) is 12.5 Å². The molecule has 0 aliphatic rings. The van der Waals surface area contributed by atoms with Crippen molar-refractivity contribution in [2.45, 2.75) is 13.3 Å². The van der Waals surface area contributed by atoms with Crippen LogP contribution < -0.4 is 0 Å². The van der Waals surface area contributed by atoms with E-state index in [4.69, 9.17) is 5.26 Å². The van der Waals surface area contributed by atoms with Gasteiger partial charge in [0.15, 0.2) is 11.6 Å². The van der Waals surface area contributed by atoms with Gasteiger partial charge in [-0.1, -0.05) is 13.0 Å². The first-order valence-corrected chi connectivity index (χ1v) is 5.57. The fourth-order valence-electron chi connectivity index (χ4n) is 1.31. The SMILES string of the molecule is CC(CSC#N)Cc1ccc(F)c(F)c1. The minimum Gasteiger partial charge on any atom is -0.204 e. The summed E-state index contributed by atoms with van der Waals surface area (Å²) in [6.45, 7) is 1.98. The van der Waals surface area contributed by atoms with Gasteiger partial charge in [-0.25, -0.2) is 8.78 Å². The summed E-state index contributed by atoms with van der Waals surface area (Å²) in [5.41, 5.74) is 0.764. The molecule has 0 aliphatic heterocycles. The number of thiocyanates is 1. The third-order valence-corrected chi connectivity index (χ3v) is 2.87. The molecule has 0 amide bonds. The highest BCUT2D eigenvalue weighted by Gasteiger charge is 2.07. The van der Waals surface area contributed by atoms with Crippen molar-refractivity contribution in [1.82, 2.24) is 0 Å². The number of halogens is 2. The monoisotopic (exact) mass is 227 g/mol. The standard InChI is InChI=1S/C11H11F2NS/c1-8(6-15-7-14)4-9-2-3-10(12)11(13)5-9/h2-3,5,8H,4,6H2,1H3. The molecular formula is C11H11F2NS. The van der Waals surface area contributed by atoms with Gasteiger partial charge in [0.05, 0.1) is 0 Å².